The molecule has 0 amide bonds. The Morgan fingerprint density at radius 3 is 2.37 bits per heavy atom. The monoisotopic (exact) mass is 440 g/mol. The van der Waals surface area contributed by atoms with Gasteiger partial charge >= 0.3 is 5.97 Å². The average molecular weight is 441 g/mol. The van der Waals surface area contributed by atoms with E-state index in [1.807, 2.05) is 0 Å². The number of hydrogen-bond donors (Lipinski definition) is 0. The molecule has 0 radical (unpaired) electrons. The van der Waals surface area contributed by atoms with E-state index in [1.165, 1.54) is 39.2 Å². The smallest absolute Gasteiger partial charge is 0.305 e. The minimum absolute atomic E-state index is 0.133. The summed E-state index contributed by atoms with van der Waals surface area (Å²) in [5.41, 5.74) is 0.470. The lowest BCUT2D eigenvalue weighted by Crippen LogP contribution is -2.51. The standard InChI is InChI=1S/C25H48O4Si/c1-23(2,3)30(8,9)29-20-12-10-16-25(6)19(20)14-15-21(25)24(4,5)18-28-17-11-13-22(26)27-7/h19-21H,10-18H2,1-9H3/t19-,20-,21+,25-/m0/s1. The Kier molecular flexibility index (Phi) is 8.29. The maximum Gasteiger partial charge on any atom is 0.305 e. The highest BCUT2D eigenvalue weighted by atomic mass is 28.4. The number of carbonyl (C=O) groups excluding carboxylic acids is 1. The van der Waals surface area contributed by atoms with Gasteiger partial charge in [-0.25, -0.2) is 0 Å². The van der Waals surface area contributed by atoms with E-state index in [4.69, 9.17) is 13.9 Å². The van der Waals surface area contributed by atoms with Gasteiger partial charge in [-0.1, -0.05) is 48.0 Å². The van der Waals surface area contributed by atoms with Crippen LogP contribution in [0.3, 0.4) is 0 Å². The summed E-state index contributed by atoms with van der Waals surface area (Å²) >= 11 is 0. The first-order chi connectivity index (χ1) is 13.7. The molecule has 0 unspecified atom stereocenters. The van der Waals surface area contributed by atoms with Crippen LogP contribution in [0.25, 0.3) is 0 Å². The first kappa shape index (κ1) is 25.9. The third-order valence-corrected chi connectivity index (χ3v) is 13.1. The van der Waals surface area contributed by atoms with E-state index in [9.17, 15) is 4.79 Å². The first-order valence-corrected chi connectivity index (χ1v) is 15.0. The summed E-state index contributed by atoms with van der Waals surface area (Å²) in [6.07, 6.45) is 7.96. The lowest BCUT2D eigenvalue weighted by atomic mass is 9.58. The molecular formula is C25H48O4Si. The summed E-state index contributed by atoms with van der Waals surface area (Å²) in [5.74, 6) is 1.17. The van der Waals surface area contributed by atoms with E-state index in [2.05, 4.69) is 54.6 Å². The van der Waals surface area contributed by atoms with Crippen LogP contribution >= 0.6 is 0 Å². The van der Waals surface area contributed by atoms with Gasteiger partial charge in [0.2, 0.25) is 0 Å². The molecule has 0 heterocycles. The number of ether oxygens (including phenoxy) is 2. The lowest BCUT2D eigenvalue weighted by Gasteiger charge is -2.51. The molecule has 4 nitrogen and oxygen atoms in total. The van der Waals surface area contributed by atoms with E-state index >= 15 is 0 Å². The molecule has 2 fully saturated rings. The van der Waals surface area contributed by atoms with Gasteiger partial charge in [-0.2, -0.15) is 0 Å². The first-order valence-electron chi connectivity index (χ1n) is 12.1. The molecular weight excluding hydrogens is 392 g/mol. The SMILES string of the molecule is COC(=O)CCCOCC(C)(C)[C@H]1CC[C@H]2[C@@H](O[Si](C)(C)C(C)(C)C)CCC[C@]12C. The Morgan fingerprint density at radius 2 is 1.77 bits per heavy atom. The van der Waals surface area contributed by atoms with Gasteiger partial charge in [0.05, 0.1) is 13.7 Å². The number of methoxy groups -OCH3 is 1. The molecule has 0 aromatic carbocycles. The van der Waals surface area contributed by atoms with Crippen molar-refractivity contribution in [1.82, 2.24) is 0 Å². The molecule has 2 aliphatic rings. The van der Waals surface area contributed by atoms with Gasteiger partial charge in [0, 0.05) is 19.1 Å². The van der Waals surface area contributed by atoms with Crippen LogP contribution in [0.2, 0.25) is 18.1 Å². The largest absolute Gasteiger partial charge is 0.469 e. The van der Waals surface area contributed by atoms with Crippen molar-refractivity contribution in [2.45, 2.75) is 111 Å². The summed E-state index contributed by atoms with van der Waals surface area (Å²) < 4.78 is 17.8. The van der Waals surface area contributed by atoms with Crippen molar-refractivity contribution < 1.29 is 18.7 Å². The van der Waals surface area contributed by atoms with Crippen molar-refractivity contribution in [3.63, 3.8) is 0 Å². The quantitative estimate of drug-likeness (QED) is 0.230. The van der Waals surface area contributed by atoms with Crippen molar-refractivity contribution in [1.29, 1.82) is 0 Å². The van der Waals surface area contributed by atoms with Crippen LogP contribution in [0.4, 0.5) is 0 Å². The molecule has 0 N–H and O–H groups in total. The number of esters is 1. The Labute approximate surface area is 186 Å². The van der Waals surface area contributed by atoms with Gasteiger partial charge in [-0.3, -0.25) is 4.79 Å². The lowest BCUT2D eigenvalue weighted by molar-refractivity contribution is -0.141. The normalized spacial score (nSPS) is 30.2. The predicted octanol–water partition coefficient (Wildman–Crippen LogP) is 6.59. The zero-order valence-corrected chi connectivity index (χ0v) is 22.2. The van der Waals surface area contributed by atoms with Gasteiger partial charge in [-0.05, 0) is 72.9 Å². The third-order valence-electron chi connectivity index (χ3n) is 8.63. The van der Waals surface area contributed by atoms with Crippen molar-refractivity contribution in [3.05, 3.63) is 0 Å². The highest BCUT2D eigenvalue weighted by molar-refractivity contribution is 6.74. The highest BCUT2D eigenvalue weighted by Crippen LogP contribution is 2.61. The average Bonchev–Trinajstić information content (AvgIpc) is 2.98. The zero-order valence-electron chi connectivity index (χ0n) is 21.2. The van der Waals surface area contributed by atoms with Crippen LogP contribution in [-0.4, -0.2) is 40.7 Å². The van der Waals surface area contributed by atoms with Gasteiger partial charge in [0.15, 0.2) is 8.32 Å². The van der Waals surface area contributed by atoms with Gasteiger partial charge < -0.3 is 13.9 Å². The maximum absolute atomic E-state index is 11.3. The van der Waals surface area contributed by atoms with Crippen LogP contribution < -0.4 is 0 Å². The summed E-state index contributed by atoms with van der Waals surface area (Å²) in [5, 5.41) is 0.260. The van der Waals surface area contributed by atoms with Gasteiger partial charge in [0.1, 0.15) is 0 Å². The van der Waals surface area contributed by atoms with E-state index in [0.717, 1.165) is 13.0 Å². The number of hydrogen-bond acceptors (Lipinski definition) is 4. The van der Waals surface area contributed by atoms with Crippen LogP contribution in [0.1, 0.15) is 86.5 Å². The molecule has 2 rings (SSSR count). The Balaban J connectivity index is 2.00. The molecule has 2 aliphatic carbocycles. The van der Waals surface area contributed by atoms with Crippen LogP contribution in [0.15, 0.2) is 0 Å². The van der Waals surface area contributed by atoms with E-state index in [0.29, 0.717) is 36.4 Å². The Hall–Kier alpha value is -0.393. The molecule has 2 saturated carbocycles. The fourth-order valence-corrected chi connectivity index (χ4v) is 7.35. The fraction of sp³-hybridized carbons (Fsp3) is 0.960. The van der Waals surface area contributed by atoms with E-state index in [1.54, 1.807) is 0 Å². The molecule has 0 spiro atoms. The number of carbonyl (C=O) groups is 1. The Morgan fingerprint density at radius 1 is 1.10 bits per heavy atom. The predicted molar refractivity (Wildman–Crippen MR) is 126 cm³/mol. The van der Waals surface area contributed by atoms with Crippen molar-refractivity contribution in [2.75, 3.05) is 20.3 Å². The number of fused-ring (bicyclic) bond motifs is 1. The van der Waals surface area contributed by atoms with Gasteiger partial charge in [-0.15, -0.1) is 0 Å². The second-order valence-corrected chi connectivity index (χ2v) is 17.0. The molecule has 5 heteroatoms. The van der Waals surface area contributed by atoms with Crippen LogP contribution in [-0.2, 0) is 18.7 Å². The molecule has 30 heavy (non-hydrogen) atoms. The summed E-state index contributed by atoms with van der Waals surface area (Å²) in [6.45, 7) is 20.5. The molecule has 0 aromatic rings. The minimum Gasteiger partial charge on any atom is -0.469 e. The molecule has 4 atom stereocenters. The van der Waals surface area contributed by atoms with E-state index in [-0.39, 0.29) is 16.4 Å². The third kappa shape index (κ3) is 5.69. The second kappa shape index (κ2) is 9.62. The minimum atomic E-state index is -1.76. The Bertz CT molecular complexity index is 580. The van der Waals surface area contributed by atoms with E-state index < -0.39 is 8.32 Å². The van der Waals surface area contributed by atoms with Crippen molar-refractivity contribution >= 4 is 14.3 Å². The molecule has 0 aliphatic heterocycles. The maximum atomic E-state index is 11.3. The second-order valence-electron chi connectivity index (χ2n) is 12.3. The fourth-order valence-electron chi connectivity index (χ4n) is 5.96. The summed E-state index contributed by atoms with van der Waals surface area (Å²) in [4.78, 5) is 11.3. The highest BCUT2D eigenvalue weighted by Gasteiger charge is 2.56. The molecule has 0 aromatic heterocycles. The van der Waals surface area contributed by atoms with Gasteiger partial charge in [0.25, 0.3) is 0 Å². The topological polar surface area (TPSA) is 44.8 Å². The van der Waals surface area contributed by atoms with Crippen molar-refractivity contribution in [3.8, 4) is 0 Å². The summed E-state index contributed by atoms with van der Waals surface area (Å²) in [6, 6.07) is 0. The number of rotatable bonds is 9. The summed E-state index contributed by atoms with van der Waals surface area (Å²) in [7, 11) is -0.318. The molecule has 0 bridgehead atoms. The van der Waals surface area contributed by atoms with Crippen molar-refractivity contribution in [2.24, 2.45) is 22.7 Å². The zero-order chi connectivity index (χ0) is 22.8. The van der Waals surface area contributed by atoms with Crippen LogP contribution in [0.5, 0.6) is 0 Å². The molecule has 0 saturated heterocycles. The molecule has 176 valence electrons. The van der Waals surface area contributed by atoms with Crippen LogP contribution in [0, 0.1) is 22.7 Å².